The molecule has 0 atom stereocenters. The molecule has 5 heteroatoms. The molecule has 0 saturated heterocycles. The average Bonchev–Trinajstić information content (AvgIpc) is 2.98. The van der Waals surface area contributed by atoms with Gasteiger partial charge < -0.3 is 9.73 Å². The van der Waals surface area contributed by atoms with Crippen molar-refractivity contribution in [2.24, 2.45) is 0 Å². The van der Waals surface area contributed by atoms with Crippen LogP contribution in [0.25, 0.3) is 11.3 Å². The summed E-state index contributed by atoms with van der Waals surface area (Å²) in [7, 11) is 0. The van der Waals surface area contributed by atoms with Gasteiger partial charge in [-0.05, 0) is 48.9 Å². The van der Waals surface area contributed by atoms with E-state index in [-0.39, 0.29) is 5.82 Å². The predicted octanol–water partition coefficient (Wildman–Crippen LogP) is 5.05. The molecule has 0 amide bonds. The third-order valence-corrected chi connectivity index (χ3v) is 3.55. The third-order valence-electron chi connectivity index (χ3n) is 3.30. The van der Waals surface area contributed by atoms with Gasteiger partial charge >= 0.3 is 0 Å². The summed E-state index contributed by atoms with van der Waals surface area (Å²) in [6.45, 7) is 2.11. The molecule has 1 aromatic heterocycles. The van der Waals surface area contributed by atoms with Gasteiger partial charge in [0, 0.05) is 16.3 Å². The minimum atomic E-state index is -0.237. The van der Waals surface area contributed by atoms with Gasteiger partial charge in [-0.25, -0.2) is 9.37 Å². The van der Waals surface area contributed by atoms with Gasteiger partial charge in [0.25, 0.3) is 0 Å². The lowest BCUT2D eigenvalue weighted by Gasteiger charge is -2.05. The second-order valence-corrected chi connectivity index (χ2v) is 5.38. The van der Waals surface area contributed by atoms with Crippen molar-refractivity contribution < 1.29 is 8.81 Å². The Labute approximate surface area is 132 Å². The number of aromatic nitrogens is 1. The lowest BCUT2D eigenvalue weighted by Crippen LogP contribution is -2.00. The summed E-state index contributed by atoms with van der Waals surface area (Å²) in [6.07, 6.45) is 1.66. The molecule has 0 aliphatic heterocycles. The Morgan fingerprint density at radius 2 is 1.95 bits per heavy atom. The molecule has 0 spiro atoms. The molecular weight excluding hydrogens is 303 g/mol. The van der Waals surface area contributed by atoms with E-state index in [2.05, 4.69) is 10.3 Å². The third kappa shape index (κ3) is 3.28. The Morgan fingerprint density at radius 3 is 2.68 bits per heavy atom. The molecule has 3 aromatic rings. The van der Waals surface area contributed by atoms with E-state index in [1.165, 1.54) is 6.07 Å². The Morgan fingerprint density at radius 1 is 1.18 bits per heavy atom. The zero-order valence-electron chi connectivity index (χ0n) is 11.9. The van der Waals surface area contributed by atoms with Gasteiger partial charge in [0.15, 0.2) is 5.76 Å². The Bertz CT molecular complexity index is 784. The van der Waals surface area contributed by atoms with E-state index < -0.39 is 0 Å². The molecule has 0 fully saturated rings. The molecule has 1 heterocycles. The van der Waals surface area contributed by atoms with E-state index in [0.29, 0.717) is 34.5 Å². The normalized spacial score (nSPS) is 10.7. The van der Waals surface area contributed by atoms with Crippen molar-refractivity contribution in [2.75, 3.05) is 5.32 Å². The molecule has 3 rings (SSSR count). The number of nitrogens with zero attached hydrogens (tertiary/aromatic N) is 1. The second-order valence-electron chi connectivity index (χ2n) is 4.94. The summed E-state index contributed by atoms with van der Waals surface area (Å²) in [6, 6.07) is 12.3. The first-order chi connectivity index (χ1) is 10.6. The highest BCUT2D eigenvalue weighted by Crippen LogP contribution is 2.23. The quantitative estimate of drug-likeness (QED) is 0.731. The number of halogens is 2. The lowest BCUT2D eigenvalue weighted by molar-refractivity contribution is 0.516. The van der Waals surface area contributed by atoms with Gasteiger partial charge in [-0.15, -0.1) is 0 Å². The van der Waals surface area contributed by atoms with Crippen molar-refractivity contribution in [1.29, 1.82) is 0 Å². The maximum Gasteiger partial charge on any atom is 0.214 e. The Balaban J connectivity index is 1.69. The molecule has 0 radical (unpaired) electrons. The first-order valence-corrected chi connectivity index (χ1v) is 7.20. The molecule has 0 saturated carbocycles. The monoisotopic (exact) mass is 316 g/mol. The van der Waals surface area contributed by atoms with Crippen LogP contribution in [0.4, 0.5) is 10.1 Å². The van der Waals surface area contributed by atoms with Gasteiger partial charge in [0.2, 0.25) is 5.89 Å². The van der Waals surface area contributed by atoms with Crippen LogP contribution in [0.15, 0.2) is 53.1 Å². The largest absolute Gasteiger partial charge is 0.439 e. The molecule has 0 unspecified atom stereocenters. The smallest absolute Gasteiger partial charge is 0.214 e. The molecule has 0 aliphatic carbocycles. The number of rotatable bonds is 4. The first kappa shape index (κ1) is 14.6. The second kappa shape index (κ2) is 6.20. The van der Waals surface area contributed by atoms with Crippen LogP contribution in [0, 0.1) is 12.7 Å². The highest BCUT2D eigenvalue weighted by atomic mass is 35.5. The summed E-state index contributed by atoms with van der Waals surface area (Å²) < 4.78 is 19.1. The van der Waals surface area contributed by atoms with Crippen LogP contribution < -0.4 is 5.32 Å². The molecule has 1 N–H and O–H groups in total. The van der Waals surface area contributed by atoms with E-state index in [1.807, 2.05) is 18.2 Å². The summed E-state index contributed by atoms with van der Waals surface area (Å²) in [4.78, 5) is 4.21. The van der Waals surface area contributed by atoms with E-state index in [9.17, 15) is 4.39 Å². The topological polar surface area (TPSA) is 38.1 Å². The molecular formula is C17H14ClFN2O. The highest BCUT2D eigenvalue weighted by Gasteiger charge is 2.07. The van der Waals surface area contributed by atoms with Crippen LogP contribution in [0.1, 0.15) is 11.5 Å². The van der Waals surface area contributed by atoms with Crippen molar-refractivity contribution >= 4 is 17.3 Å². The summed E-state index contributed by atoms with van der Waals surface area (Å²) in [5.74, 6) is 0.966. The predicted molar refractivity (Wildman–Crippen MR) is 85.4 cm³/mol. The van der Waals surface area contributed by atoms with Gasteiger partial charge in [-0.3, -0.25) is 0 Å². The van der Waals surface area contributed by atoms with Gasteiger partial charge in [-0.2, -0.15) is 0 Å². The number of oxazole rings is 1. The van der Waals surface area contributed by atoms with Crippen LogP contribution in [0.3, 0.4) is 0 Å². The molecule has 2 aromatic carbocycles. The Kier molecular flexibility index (Phi) is 4.11. The van der Waals surface area contributed by atoms with Crippen molar-refractivity contribution in [3.8, 4) is 11.3 Å². The zero-order chi connectivity index (χ0) is 15.5. The van der Waals surface area contributed by atoms with Crippen LogP contribution >= 0.6 is 11.6 Å². The van der Waals surface area contributed by atoms with E-state index >= 15 is 0 Å². The minimum absolute atomic E-state index is 0.237. The van der Waals surface area contributed by atoms with Gasteiger partial charge in [0.05, 0.1) is 12.7 Å². The molecule has 0 bridgehead atoms. The highest BCUT2D eigenvalue weighted by molar-refractivity contribution is 6.30. The van der Waals surface area contributed by atoms with Crippen molar-refractivity contribution in [2.45, 2.75) is 13.5 Å². The molecule has 22 heavy (non-hydrogen) atoms. The average molecular weight is 317 g/mol. The number of aryl methyl sites for hydroxylation is 1. The van der Waals surface area contributed by atoms with Crippen molar-refractivity contribution in [1.82, 2.24) is 4.98 Å². The Hall–Kier alpha value is -2.33. The van der Waals surface area contributed by atoms with Gasteiger partial charge in [-0.1, -0.05) is 17.7 Å². The fourth-order valence-corrected chi connectivity index (χ4v) is 2.15. The van der Waals surface area contributed by atoms with Crippen LogP contribution in [-0.2, 0) is 6.54 Å². The zero-order valence-corrected chi connectivity index (χ0v) is 12.7. The SMILES string of the molecule is Cc1ccc(NCc2ncc(-c3ccc(Cl)cc3)o2)cc1F. The standard InChI is InChI=1S/C17H14ClFN2O/c1-11-2-7-14(8-15(11)19)20-10-17-21-9-16(22-17)12-3-5-13(18)6-4-12/h2-9,20H,10H2,1H3. The summed E-state index contributed by atoms with van der Waals surface area (Å²) in [5.41, 5.74) is 2.21. The van der Waals surface area contributed by atoms with E-state index in [4.69, 9.17) is 16.0 Å². The fourth-order valence-electron chi connectivity index (χ4n) is 2.02. The molecule has 112 valence electrons. The lowest BCUT2D eigenvalue weighted by atomic mass is 10.2. The molecule has 0 aliphatic rings. The fraction of sp³-hybridized carbons (Fsp3) is 0.118. The van der Waals surface area contributed by atoms with Crippen LogP contribution in [-0.4, -0.2) is 4.98 Å². The van der Waals surface area contributed by atoms with Gasteiger partial charge in [0.1, 0.15) is 5.82 Å². The number of hydrogen-bond donors (Lipinski definition) is 1. The van der Waals surface area contributed by atoms with Crippen LogP contribution in [0.5, 0.6) is 0 Å². The van der Waals surface area contributed by atoms with Crippen molar-refractivity contribution in [3.05, 3.63) is 71.0 Å². The van der Waals surface area contributed by atoms with Crippen LogP contribution in [0.2, 0.25) is 5.02 Å². The number of hydrogen-bond acceptors (Lipinski definition) is 3. The molecule has 3 nitrogen and oxygen atoms in total. The first-order valence-electron chi connectivity index (χ1n) is 6.82. The minimum Gasteiger partial charge on any atom is -0.439 e. The number of anilines is 1. The summed E-state index contributed by atoms with van der Waals surface area (Å²) >= 11 is 5.86. The maximum absolute atomic E-state index is 13.5. The van der Waals surface area contributed by atoms with E-state index in [1.54, 1.807) is 31.3 Å². The summed E-state index contributed by atoms with van der Waals surface area (Å²) in [5, 5.41) is 3.76. The van der Waals surface area contributed by atoms with Crippen molar-refractivity contribution in [3.63, 3.8) is 0 Å². The number of nitrogens with one attached hydrogen (secondary N) is 1. The van der Waals surface area contributed by atoms with E-state index in [0.717, 1.165) is 5.56 Å². The maximum atomic E-state index is 13.5. The number of benzene rings is 2.